The van der Waals surface area contributed by atoms with Crippen molar-refractivity contribution in [2.45, 2.75) is 91.4 Å². The quantitative estimate of drug-likeness (QED) is 0.0962. The Labute approximate surface area is 250 Å². The molecule has 0 aromatic heterocycles. The average Bonchev–Trinajstić information content (AvgIpc) is 2.88. The first kappa shape index (κ1) is 38.7. The maximum Gasteiger partial charge on any atom is 0.234 e. The Morgan fingerprint density at radius 2 is 1.00 bits per heavy atom. The van der Waals surface area contributed by atoms with Crippen LogP contribution in [0, 0.1) is 5.41 Å². The number of rotatable bonds is 24. The molecule has 0 aliphatic carbocycles. The minimum atomic E-state index is -0.338. The zero-order valence-electron chi connectivity index (χ0n) is 25.4. The molecule has 0 saturated carbocycles. The molecule has 0 unspecified atom stereocenters. The predicted molar refractivity (Wildman–Crippen MR) is 163 cm³/mol. The van der Waals surface area contributed by atoms with Gasteiger partial charge in [0.2, 0.25) is 31.6 Å². The minimum absolute atomic E-state index is 0.0955. The summed E-state index contributed by atoms with van der Waals surface area (Å²) in [5.74, 6) is -0.902. The van der Waals surface area contributed by atoms with Gasteiger partial charge in [-0.15, -0.1) is 0 Å². The van der Waals surface area contributed by atoms with E-state index < -0.39 is 0 Å². The van der Waals surface area contributed by atoms with Crippen molar-refractivity contribution in [1.82, 2.24) is 30.8 Å². The fraction of sp³-hybridized carbons (Fsp3) is 0.815. The van der Waals surface area contributed by atoms with Crippen LogP contribution in [0.4, 0.5) is 0 Å². The van der Waals surface area contributed by atoms with E-state index in [-0.39, 0.29) is 60.9 Å². The van der Waals surface area contributed by atoms with E-state index in [2.05, 4.69) is 21.2 Å². The summed E-state index contributed by atoms with van der Waals surface area (Å²) >= 11 is 0. The third-order valence-electron chi connectivity index (χ3n) is 6.32. The number of nitrogens with zero attached hydrogens (tertiary/aromatic N) is 2. The second-order valence-corrected chi connectivity index (χ2v) is 11.4. The number of nitrogens with one attached hydrogen (secondary N) is 4. The van der Waals surface area contributed by atoms with E-state index in [0.717, 1.165) is 49.7 Å². The first-order valence-corrected chi connectivity index (χ1v) is 14.7. The molecule has 0 atom stereocenters. The molecular formula is C27H49B3N6O5. The van der Waals surface area contributed by atoms with Crippen LogP contribution in [0.15, 0.2) is 0 Å². The highest BCUT2D eigenvalue weighted by Gasteiger charge is 2.20. The Kier molecular flexibility index (Phi) is 21.9. The molecule has 0 spiro atoms. The van der Waals surface area contributed by atoms with Crippen molar-refractivity contribution in [1.29, 1.82) is 0 Å². The molecular weight excluding hydrogens is 521 g/mol. The molecule has 0 aromatic rings. The summed E-state index contributed by atoms with van der Waals surface area (Å²) in [6.45, 7) is 7.33. The van der Waals surface area contributed by atoms with E-state index in [9.17, 15) is 24.0 Å². The summed E-state index contributed by atoms with van der Waals surface area (Å²) in [5.41, 5.74) is -0.338. The van der Waals surface area contributed by atoms with Crippen molar-refractivity contribution in [3.63, 3.8) is 0 Å². The van der Waals surface area contributed by atoms with Crippen molar-refractivity contribution < 1.29 is 24.0 Å². The molecule has 0 aliphatic heterocycles. The Morgan fingerprint density at radius 3 is 1.44 bits per heavy atom. The first-order chi connectivity index (χ1) is 19.3. The fourth-order valence-electron chi connectivity index (χ4n) is 3.85. The SMILES string of the molecule is [B]NC(=O)CCCCNC(=O)CN(CC(=O)NCCCCCCN([B])[B])CC(=O)NCCCCCC(=O)C(C)(C)C. The number of carbonyl (C=O) groups is 5. The zero-order chi connectivity index (χ0) is 31.1. The Balaban J connectivity index is 4.56. The van der Waals surface area contributed by atoms with Crippen LogP contribution in [-0.2, 0) is 24.0 Å². The van der Waals surface area contributed by atoms with Crippen molar-refractivity contribution >= 4 is 53.4 Å². The van der Waals surface area contributed by atoms with Crippen LogP contribution in [0.2, 0.25) is 0 Å². The molecule has 14 heteroatoms. The smallest absolute Gasteiger partial charge is 0.234 e. The minimum Gasteiger partial charge on any atom is -0.409 e. The highest BCUT2D eigenvalue weighted by Crippen LogP contribution is 2.18. The fourth-order valence-corrected chi connectivity index (χ4v) is 3.85. The van der Waals surface area contributed by atoms with Crippen molar-refractivity contribution in [2.24, 2.45) is 5.41 Å². The molecule has 4 N–H and O–H groups in total. The van der Waals surface area contributed by atoms with Crippen LogP contribution < -0.4 is 21.2 Å². The Morgan fingerprint density at radius 1 is 0.585 bits per heavy atom. The number of hydrogen-bond acceptors (Lipinski definition) is 7. The number of ketones is 1. The topological polar surface area (TPSA) is 140 Å². The predicted octanol–water partition coefficient (Wildman–Crippen LogP) is 0.212. The van der Waals surface area contributed by atoms with Gasteiger partial charge in [-0.3, -0.25) is 28.9 Å². The Hall–Kier alpha value is -2.34. The second kappa shape index (κ2) is 23.3. The number of unbranched alkanes of at least 4 members (excludes halogenated alkanes) is 6. The monoisotopic (exact) mass is 570 g/mol. The number of amides is 4. The normalized spacial score (nSPS) is 11.3. The lowest BCUT2D eigenvalue weighted by molar-refractivity contribution is -0.128. The third kappa shape index (κ3) is 24.0. The lowest BCUT2D eigenvalue weighted by atomic mass is 9.88. The summed E-state index contributed by atoms with van der Waals surface area (Å²) in [5, 5.41) is 10.5. The molecule has 0 aromatic carbocycles. The summed E-state index contributed by atoms with van der Waals surface area (Å²) in [6, 6.07) is 0. The lowest BCUT2D eigenvalue weighted by Crippen LogP contribution is -2.47. The molecule has 41 heavy (non-hydrogen) atoms. The van der Waals surface area contributed by atoms with Crippen molar-refractivity contribution in [3.05, 3.63) is 0 Å². The second-order valence-electron chi connectivity index (χ2n) is 11.4. The van der Waals surface area contributed by atoms with Crippen LogP contribution in [0.25, 0.3) is 0 Å². The van der Waals surface area contributed by atoms with Gasteiger partial charge in [0.05, 0.1) is 19.6 Å². The zero-order valence-corrected chi connectivity index (χ0v) is 25.4. The number of hydrogen-bond donors (Lipinski definition) is 4. The van der Waals surface area contributed by atoms with Crippen LogP contribution >= 0.6 is 0 Å². The maximum atomic E-state index is 12.5. The van der Waals surface area contributed by atoms with E-state index >= 15 is 0 Å². The molecule has 0 bridgehead atoms. The van der Waals surface area contributed by atoms with E-state index in [1.807, 2.05) is 20.8 Å². The molecule has 0 fully saturated rings. The van der Waals surface area contributed by atoms with Gasteiger partial charge in [-0.1, -0.05) is 40.0 Å². The largest absolute Gasteiger partial charge is 0.409 e. The van der Waals surface area contributed by atoms with Gasteiger partial charge in [0, 0.05) is 37.9 Å². The van der Waals surface area contributed by atoms with Crippen LogP contribution in [0.3, 0.4) is 0 Å². The van der Waals surface area contributed by atoms with Gasteiger partial charge in [0.1, 0.15) is 5.78 Å². The van der Waals surface area contributed by atoms with Crippen molar-refractivity contribution in [3.8, 4) is 0 Å². The maximum absolute atomic E-state index is 12.5. The third-order valence-corrected chi connectivity index (χ3v) is 6.32. The molecule has 0 heterocycles. The first-order valence-electron chi connectivity index (χ1n) is 14.7. The van der Waals surface area contributed by atoms with Gasteiger partial charge in [0.15, 0.2) is 16.0 Å². The summed E-state index contributed by atoms with van der Waals surface area (Å²) in [7, 11) is 15.8. The highest BCUT2D eigenvalue weighted by atomic mass is 16.2. The van der Waals surface area contributed by atoms with E-state index in [4.69, 9.17) is 23.9 Å². The molecule has 0 aliphatic rings. The van der Waals surface area contributed by atoms with Crippen molar-refractivity contribution in [2.75, 3.05) is 45.8 Å². The van der Waals surface area contributed by atoms with Crippen LogP contribution in [0.1, 0.15) is 91.4 Å². The molecule has 0 rings (SSSR count). The standard InChI is InChI=1S/C27H49B3N6O5/c1-27(2,3)22(37)13-7-6-10-16-32-25(40)20-35(21-26(41)33-17-11-8-14-23(38)34-28)19-24(39)31-15-9-4-5-12-18-36(29)30/h4-21H2,1-3H3,(H,31,39)(H,32,40)(H,33,41)(H,34,38). The molecule has 6 radical (unpaired) electrons. The average molecular weight is 570 g/mol. The Bertz CT molecular complexity index is 796. The molecule has 226 valence electrons. The highest BCUT2D eigenvalue weighted by molar-refractivity contribution is 6.24. The van der Waals surface area contributed by atoms with Crippen LogP contribution in [-0.4, -0.2) is 109 Å². The van der Waals surface area contributed by atoms with E-state index in [1.54, 1.807) is 0 Å². The van der Waals surface area contributed by atoms with E-state index in [1.165, 1.54) is 4.90 Å². The van der Waals surface area contributed by atoms with Crippen LogP contribution in [0.5, 0.6) is 0 Å². The summed E-state index contributed by atoms with van der Waals surface area (Å²) in [6.07, 6.45) is 7.81. The van der Waals surface area contributed by atoms with E-state index in [0.29, 0.717) is 45.4 Å². The molecule has 4 amide bonds. The molecule has 0 saturated heterocycles. The lowest BCUT2D eigenvalue weighted by Gasteiger charge is -2.21. The van der Waals surface area contributed by atoms with Gasteiger partial charge < -0.3 is 25.9 Å². The summed E-state index contributed by atoms with van der Waals surface area (Å²) in [4.78, 5) is 62.2. The van der Waals surface area contributed by atoms with Gasteiger partial charge in [-0.05, 0) is 45.1 Å². The van der Waals surface area contributed by atoms with Gasteiger partial charge >= 0.3 is 0 Å². The number of Topliss-reactive ketones (excluding diaryl/α,β-unsaturated/α-hetero) is 1. The van der Waals surface area contributed by atoms with Gasteiger partial charge in [0.25, 0.3) is 0 Å². The number of carbonyl (C=O) groups excluding carboxylic acids is 5. The van der Waals surface area contributed by atoms with Gasteiger partial charge in [-0.25, -0.2) is 0 Å². The van der Waals surface area contributed by atoms with Gasteiger partial charge in [-0.2, -0.15) is 0 Å². The molecule has 11 nitrogen and oxygen atoms in total. The summed E-state index contributed by atoms with van der Waals surface area (Å²) < 4.78 is 1.15.